The molecule has 0 aliphatic heterocycles. The predicted molar refractivity (Wildman–Crippen MR) is 121 cm³/mol. The van der Waals surface area contributed by atoms with E-state index in [9.17, 15) is 4.79 Å². The molecule has 2 aromatic heterocycles. The molecule has 30 heavy (non-hydrogen) atoms. The molecule has 0 bridgehead atoms. The van der Waals surface area contributed by atoms with Gasteiger partial charge in [-0.2, -0.15) is 0 Å². The lowest BCUT2D eigenvalue weighted by Crippen LogP contribution is -2.05. The second-order valence-electron chi connectivity index (χ2n) is 6.86. The summed E-state index contributed by atoms with van der Waals surface area (Å²) in [5.74, 6) is 1.00. The lowest BCUT2D eigenvalue weighted by atomic mass is 10.0. The van der Waals surface area contributed by atoms with Gasteiger partial charge in [-0.05, 0) is 67.4 Å². The molecule has 0 amide bonds. The van der Waals surface area contributed by atoms with E-state index in [1.54, 1.807) is 12.4 Å². The molecule has 0 spiro atoms. The van der Waals surface area contributed by atoms with E-state index in [1.165, 1.54) is 17.3 Å². The number of Topliss-reactive ketones (excluding diaryl/α,β-unsaturated/α-hetero) is 1. The smallest absolute Gasteiger partial charge is 0.196 e. The normalized spacial score (nSPS) is 10.9. The maximum atomic E-state index is 12.7. The summed E-state index contributed by atoms with van der Waals surface area (Å²) < 4.78 is 1.93. The van der Waals surface area contributed by atoms with Crippen LogP contribution < -0.4 is 0 Å². The molecule has 0 radical (unpaired) electrons. The van der Waals surface area contributed by atoms with Crippen molar-refractivity contribution >= 4 is 29.1 Å². The third-order valence-electron chi connectivity index (χ3n) is 4.82. The van der Waals surface area contributed by atoms with Crippen LogP contribution >= 0.6 is 23.4 Å². The maximum Gasteiger partial charge on any atom is 0.196 e. The van der Waals surface area contributed by atoms with Gasteiger partial charge in [0.05, 0.1) is 5.75 Å². The van der Waals surface area contributed by atoms with Crippen LogP contribution in [0.2, 0.25) is 5.02 Å². The van der Waals surface area contributed by atoms with Crippen LogP contribution in [0, 0.1) is 13.8 Å². The second-order valence-corrected chi connectivity index (χ2v) is 8.24. The average molecular weight is 435 g/mol. The van der Waals surface area contributed by atoms with Gasteiger partial charge in [0.25, 0.3) is 0 Å². The molecule has 4 aromatic rings. The zero-order chi connectivity index (χ0) is 21.1. The van der Waals surface area contributed by atoms with Crippen molar-refractivity contribution in [3.05, 3.63) is 88.7 Å². The topological polar surface area (TPSA) is 60.7 Å². The largest absolute Gasteiger partial charge is 0.293 e. The molecule has 0 aliphatic rings. The minimum atomic E-state index is 0.0548. The first-order chi connectivity index (χ1) is 14.5. The van der Waals surface area contributed by atoms with Crippen LogP contribution in [0.3, 0.4) is 0 Å². The van der Waals surface area contributed by atoms with Crippen LogP contribution in [0.15, 0.2) is 72.1 Å². The molecule has 5 nitrogen and oxygen atoms in total. The first-order valence-electron chi connectivity index (χ1n) is 9.38. The number of hydrogen-bond acceptors (Lipinski definition) is 5. The monoisotopic (exact) mass is 434 g/mol. The molecular weight excluding hydrogens is 416 g/mol. The average Bonchev–Trinajstić information content (AvgIpc) is 3.19. The summed E-state index contributed by atoms with van der Waals surface area (Å²) in [6.07, 6.45) is 3.43. The highest BCUT2D eigenvalue weighted by molar-refractivity contribution is 7.99. The number of pyridine rings is 1. The van der Waals surface area contributed by atoms with Crippen molar-refractivity contribution in [3.8, 4) is 17.1 Å². The molecule has 0 N–H and O–H groups in total. The molecular formula is C23H19ClN4OS. The lowest BCUT2D eigenvalue weighted by molar-refractivity contribution is 0.102. The molecule has 150 valence electrons. The quantitative estimate of drug-likeness (QED) is 0.293. The van der Waals surface area contributed by atoms with Crippen LogP contribution in [0.5, 0.6) is 0 Å². The highest BCUT2D eigenvalue weighted by atomic mass is 35.5. The number of halogens is 1. The summed E-state index contributed by atoms with van der Waals surface area (Å²) >= 11 is 7.43. The van der Waals surface area contributed by atoms with Gasteiger partial charge in [0.2, 0.25) is 0 Å². The zero-order valence-corrected chi connectivity index (χ0v) is 18.1. The third kappa shape index (κ3) is 4.30. The number of hydrogen-bond donors (Lipinski definition) is 0. The molecule has 0 saturated heterocycles. The van der Waals surface area contributed by atoms with E-state index in [1.807, 2.05) is 73.0 Å². The zero-order valence-electron chi connectivity index (χ0n) is 16.5. The Balaban J connectivity index is 1.66. The summed E-state index contributed by atoms with van der Waals surface area (Å²) in [5.41, 5.74) is 4.74. The number of carbonyl (C=O) groups excluding carboxylic acids is 1. The number of benzene rings is 2. The summed E-state index contributed by atoms with van der Waals surface area (Å²) in [5, 5.41) is 10.0. The fraction of sp³-hybridized carbons (Fsp3) is 0.130. The van der Waals surface area contributed by atoms with E-state index in [0.29, 0.717) is 21.6 Å². The van der Waals surface area contributed by atoms with Crippen molar-refractivity contribution in [1.29, 1.82) is 0 Å². The van der Waals surface area contributed by atoms with E-state index in [4.69, 9.17) is 11.6 Å². The van der Waals surface area contributed by atoms with E-state index < -0.39 is 0 Å². The van der Waals surface area contributed by atoms with Gasteiger partial charge < -0.3 is 0 Å². The number of carbonyl (C=O) groups is 1. The van der Waals surface area contributed by atoms with Crippen LogP contribution in [-0.2, 0) is 0 Å². The lowest BCUT2D eigenvalue weighted by Gasteiger charge is -2.10. The summed E-state index contributed by atoms with van der Waals surface area (Å²) in [6.45, 7) is 4.05. The van der Waals surface area contributed by atoms with E-state index in [2.05, 4.69) is 15.2 Å². The molecule has 0 saturated carbocycles. The Morgan fingerprint density at radius 2 is 1.70 bits per heavy atom. The Kier molecular flexibility index (Phi) is 5.97. The highest BCUT2D eigenvalue weighted by Crippen LogP contribution is 2.29. The summed E-state index contributed by atoms with van der Waals surface area (Å²) in [6, 6.07) is 17.0. The summed E-state index contributed by atoms with van der Waals surface area (Å²) in [4.78, 5) is 16.8. The first kappa shape index (κ1) is 20.3. The standard InChI is InChI=1S/C23H19ClN4OS/c1-15-3-4-18(13-16(15)2)21(29)14-30-23-27-26-22(17-9-11-25-12-10-17)28(23)20-7-5-19(24)6-8-20/h3-13H,14H2,1-2H3. The van der Waals surface area contributed by atoms with Crippen molar-refractivity contribution in [1.82, 2.24) is 19.7 Å². The van der Waals surface area contributed by atoms with Crippen molar-refractivity contribution in [3.63, 3.8) is 0 Å². The highest BCUT2D eigenvalue weighted by Gasteiger charge is 2.18. The number of ketones is 1. The Bertz CT molecular complexity index is 1190. The van der Waals surface area contributed by atoms with Crippen molar-refractivity contribution in [2.75, 3.05) is 5.75 Å². The minimum absolute atomic E-state index is 0.0548. The molecule has 4 rings (SSSR count). The Labute approximate surface area is 184 Å². The van der Waals surface area contributed by atoms with Crippen LogP contribution in [-0.4, -0.2) is 31.3 Å². The number of rotatable bonds is 6. The van der Waals surface area contributed by atoms with Crippen LogP contribution in [0.25, 0.3) is 17.1 Å². The van der Waals surface area contributed by atoms with Gasteiger partial charge in [-0.15, -0.1) is 10.2 Å². The van der Waals surface area contributed by atoms with E-state index in [0.717, 1.165) is 16.8 Å². The first-order valence-corrected chi connectivity index (χ1v) is 10.7. The molecule has 0 atom stereocenters. The molecule has 0 fully saturated rings. The maximum absolute atomic E-state index is 12.7. The van der Waals surface area contributed by atoms with E-state index >= 15 is 0 Å². The van der Waals surface area contributed by atoms with Gasteiger partial charge >= 0.3 is 0 Å². The summed E-state index contributed by atoms with van der Waals surface area (Å²) in [7, 11) is 0. The molecule has 0 aliphatic carbocycles. The number of aromatic nitrogens is 4. The van der Waals surface area contributed by atoms with Crippen molar-refractivity contribution in [2.24, 2.45) is 0 Å². The molecule has 2 aromatic carbocycles. The third-order valence-corrected chi connectivity index (χ3v) is 6.00. The Morgan fingerprint density at radius 3 is 2.40 bits per heavy atom. The Morgan fingerprint density at radius 1 is 0.967 bits per heavy atom. The fourth-order valence-corrected chi connectivity index (χ4v) is 3.97. The number of aryl methyl sites for hydroxylation is 2. The van der Waals surface area contributed by atoms with Gasteiger partial charge in [0.15, 0.2) is 16.8 Å². The van der Waals surface area contributed by atoms with Crippen LogP contribution in [0.4, 0.5) is 0 Å². The van der Waals surface area contributed by atoms with Gasteiger partial charge in [0, 0.05) is 34.2 Å². The van der Waals surface area contributed by atoms with Crippen molar-refractivity contribution < 1.29 is 4.79 Å². The Hall–Kier alpha value is -2.96. The van der Waals surface area contributed by atoms with Gasteiger partial charge in [-0.3, -0.25) is 14.3 Å². The minimum Gasteiger partial charge on any atom is -0.293 e. The molecule has 2 heterocycles. The predicted octanol–water partition coefficient (Wildman–Crippen LogP) is 5.57. The number of thioether (sulfide) groups is 1. The van der Waals surface area contributed by atoms with Gasteiger partial charge in [-0.25, -0.2) is 0 Å². The van der Waals surface area contributed by atoms with Crippen LogP contribution in [0.1, 0.15) is 21.5 Å². The van der Waals surface area contributed by atoms with Gasteiger partial charge in [-0.1, -0.05) is 35.5 Å². The SMILES string of the molecule is Cc1ccc(C(=O)CSc2nnc(-c3ccncc3)n2-c2ccc(Cl)cc2)cc1C. The molecule has 7 heteroatoms. The van der Waals surface area contributed by atoms with E-state index in [-0.39, 0.29) is 11.5 Å². The fourth-order valence-electron chi connectivity index (χ4n) is 3.00. The van der Waals surface area contributed by atoms with Gasteiger partial charge in [0.1, 0.15) is 0 Å². The number of nitrogens with zero attached hydrogens (tertiary/aromatic N) is 4. The second kappa shape index (κ2) is 8.81. The van der Waals surface area contributed by atoms with Crippen molar-refractivity contribution in [2.45, 2.75) is 19.0 Å². The molecule has 0 unspecified atom stereocenters.